The van der Waals surface area contributed by atoms with E-state index in [4.69, 9.17) is 0 Å². The van der Waals surface area contributed by atoms with Gasteiger partial charge in [-0.25, -0.2) is 4.98 Å². The third kappa shape index (κ3) is 3.72. The molecule has 2 heterocycles. The number of carbonyl (C=O) groups excluding carboxylic acids is 1. The van der Waals surface area contributed by atoms with Crippen molar-refractivity contribution in [2.24, 2.45) is 0 Å². The maximum absolute atomic E-state index is 12.7. The second-order valence-corrected chi connectivity index (χ2v) is 7.66. The molecule has 0 saturated carbocycles. The number of rotatable bonds is 4. The van der Waals surface area contributed by atoms with Crippen LogP contribution in [0.5, 0.6) is 0 Å². The minimum Gasteiger partial charge on any atom is -0.321 e. The topological polar surface area (TPSA) is 72.2 Å². The molecule has 0 unspecified atom stereocenters. The molecule has 0 spiro atoms. The molecule has 4 rings (SSSR count). The lowest BCUT2D eigenvalue weighted by molar-refractivity contribution is 0.102. The van der Waals surface area contributed by atoms with E-state index >= 15 is 0 Å². The number of fused-ring (bicyclic) bond motifs is 1. The van der Waals surface area contributed by atoms with E-state index in [1.807, 2.05) is 55.5 Å². The summed E-state index contributed by atoms with van der Waals surface area (Å²) in [5, 5.41) is 8.10. The van der Waals surface area contributed by atoms with E-state index in [1.165, 1.54) is 18.1 Å². The third-order valence-corrected chi connectivity index (χ3v) is 5.58. The summed E-state index contributed by atoms with van der Waals surface area (Å²) in [6.07, 6.45) is 1.48. The minimum atomic E-state index is -0.174. The van der Waals surface area contributed by atoms with Gasteiger partial charge in [0.25, 0.3) is 11.7 Å². The fourth-order valence-corrected chi connectivity index (χ4v) is 4.09. The molecule has 0 atom stereocenters. The Morgan fingerprint density at radius 3 is 2.78 bits per heavy atom. The first-order chi connectivity index (χ1) is 13.1. The summed E-state index contributed by atoms with van der Waals surface area (Å²) >= 11 is 4.92. The van der Waals surface area contributed by atoms with Gasteiger partial charge in [-0.3, -0.25) is 4.79 Å². The molecule has 0 saturated heterocycles. The number of aryl methyl sites for hydroxylation is 1. The van der Waals surface area contributed by atoms with E-state index in [2.05, 4.69) is 36.3 Å². The molecule has 0 aliphatic rings. The number of hydrogen-bond donors (Lipinski definition) is 1. The summed E-state index contributed by atoms with van der Waals surface area (Å²) in [5.74, 6) is 0.375. The second kappa shape index (κ2) is 7.50. The van der Waals surface area contributed by atoms with Crippen LogP contribution in [-0.2, 0) is 0 Å². The summed E-state index contributed by atoms with van der Waals surface area (Å²) < 4.78 is 2.44. The molecule has 27 heavy (non-hydrogen) atoms. The average molecular weight is 440 g/mol. The van der Waals surface area contributed by atoms with Crippen LogP contribution in [0.3, 0.4) is 0 Å². The quantitative estimate of drug-likeness (QED) is 0.470. The Hall–Kier alpha value is -2.71. The van der Waals surface area contributed by atoms with Crippen LogP contribution in [0.25, 0.3) is 5.78 Å². The molecule has 6 nitrogen and oxygen atoms in total. The predicted molar refractivity (Wildman–Crippen MR) is 108 cm³/mol. The molecule has 0 aliphatic heterocycles. The fourth-order valence-electron chi connectivity index (χ4n) is 2.58. The molecule has 2 aromatic carbocycles. The Morgan fingerprint density at radius 1 is 1.15 bits per heavy atom. The first-order valence-electron chi connectivity index (χ1n) is 8.12. The number of carbonyl (C=O) groups is 1. The van der Waals surface area contributed by atoms with Gasteiger partial charge in [0.05, 0.1) is 11.3 Å². The Balaban J connectivity index is 1.66. The van der Waals surface area contributed by atoms with Crippen LogP contribution in [-0.4, -0.2) is 25.5 Å². The van der Waals surface area contributed by atoms with E-state index in [0.29, 0.717) is 11.3 Å². The maximum Gasteiger partial charge on any atom is 0.256 e. The molecule has 0 fully saturated rings. The molecule has 0 radical (unpaired) electrons. The summed E-state index contributed by atoms with van der Waals surface area (Å²) in [6, 6.07) is 16.9. The highest BCUT2D eigenvalue weighted by Crippen LogP contribution is 2.34. The van der Waals surface area contributed by atoms with Crippen molar-refractivity contribution in [2.75, 3.05) is 5.32 Å². The van der Waals surface area contributed by atoms with Crippen molar-refractivity contribution in [2.45, 2.75) is 16.8 Å². The molecule has 134 valence electrons. The van der Waals surface area contributed by atoms with Gasteiger partial charge >= 0.3 is 0 Å². The summed E-state index contributed by atoms with van der Waals surface area (Å²) in [6.45, 7) is 1.92. The van der Waals surface area contributed by atoms with Crippen LogP contribution in [0, 0.1) is 6.92 Å². The lowest BCUT2D eigenvalue weighted by Crippen LogP contribution is -2.13. The average Bonchev–Trinajstić information content (AvgIpc) is 3.12. The van der Waals surface area contributed by atoms with Crippen molar-refractivity contribution >= 4 is 45.1 Å². The van der Waals surface area contributed by atoms with Gasteiger partial charge < -0.3 is 5.32 Å². The van der Waals surface area contributed by atoms with Crippen molar-refractivity contribution in [3.8, 4) is 0 Å². The normalized spacial score (nSPS) is 10.9. The molecule has 0 bridgehead atoms. The first-order valence-corrected chi connectivity index (χ1v) is 9.73. The number of nitrogens with one attached hydrogen (secondary N) is 1. The molecule has 2 aromatic heterocycles. The van der Waals surface area contributed by atoms with Gasteiger partial charge in [-0.05, 0) is 53.2 Å². The molecular formula is C19H14BrN5OS. The third-order valence-electron chi connectivity index (χ3n) is 3.82. The van der Waals surface area contributed by atoms with E-state index in [-0.39, 0.29) is 5.91 Å². The van der Waals surface area contributed by atoms with Crippen molar-refractivity contribution in [3.05, 3.63) is 76.7 Å². The maximum atomic E-state index is 12.7. The van der Waals surface area contributed by atoms with Crippen molar-refractivity contribution in [3.63, 3.8) is 0 Å². The van der Waals surface area contributed by atoms with Crippen LogP contribution in [0.4, 0.5) is 5.69 Å². The number of hydrogen-bond acceptors (Lipinski definition) is 5. The van der Waals surface area contributed by atoms with E-state index in [9.17, 15) is 4.79 Å². The van der Waals surface area contributed by atoms with Gasteiger partial charge in [0.2, 0.25) is 0 Å². The fraction of sp³-hybridized carbons (Fsp3) is 0.0526. The van der Waals surface area contributed by atoms with Gasteiger partial charge in [0, 0.05) is 15.1 Å². The van der Waals surface area contributed by atoms with Crippen molar-refractivity contribution < 1.29 is 4.79 Å². The smallest absolute Gasteiger partial charge is 0.256 e. The Bertz CT molecular complexity index is 1140. The van der Waals surface area contributed by atoms with Crippen LogP contribution in [0.1, 0.15) is 16.1 Å². The second-order valence-electron chi connectivity index (χ2n) is 5.74. The first kappa shape index (κ1) is 17.7. The van der Waals surface area contributed by atoms with Crippen molar-refractivity contribution in [1.29, 1.82) is 0 Å². The SMILES string of the molecule is Cc1cc(Sc2ccccc2NC(=O)c2ccccc2Br)n2ncnc2n1. The van der Waals surface area contributed by atoms with Crippen LogP contribution in [0.15, 0.2) is 75.3 Å². The minimum absolute atomic E-state index is 0.174. The Morgan fingerprint density at radius 2 is 1.93 bits per heavy atom. The number of halogens is 1. The van der Waals surface area contributed by atoms with Gasteiger partial charge in [-0.1, -0.05) is 36.0 Å². The zero-order chi connectivity index (χ0) is 18.8. The molecule has 0 aliphatic carbocycles. The Labute approximate surface area is 168 Å². The van der Waals surface area contributed by atoms with E-state index < -0.39 is 0 Å². The highest BCUT2D eigenvalue weighted by molar-refractivity contribution is 9.10. The van der Waals surface area contributed by atoms with Crippen LogP contribution >= 0.6 is 27.7 Å². The summed E-state index contributed by atoms with van der Waals surface area (Å²) in [7, 11) is 0. The monoisotopic (exact) mass is 439 g/mol. The predicted octanol–water partition coefficient (Wildman–Crippen LogP) is 4.60. The standard InChI is InChI=1S/C19H14BrN5OS/c1-12-10-17(25-19(23-12)21-11-22-25)27-16-9-5-4-8-15(16)24-18(26)13-6-2-3-7-14(13)20/h2-11H,1H3,(H,24,26). The molecule has 8 heteroatoms. The lowest BCUT2D eigenvalue weighted by Gasteiger charge is -2.12. The summed E-state index contributed by atoms with van der Waals surface area (Å²) in [4.78, 5) is 22.1. The number of benzene rings is 2. The van der Waals surface area contributed by atoms with E-state index in [1.54, 1.807) is 10.6 Å². The zero-order valence-corrected chi connectivity index (χ0v) is 16.7. The number of nitrogens with zero attached hydrogens (tertiary/aromatic N) is 4. The van der Waals surface area contributed by atoms with Gasteiger partial charge in [0.15, 0.2) is 0 Å². The van der Waals surface area contributed by atoms with Gasteiger partial charge in [0.1, 0.15) is 11.4 Å². The zero-order valence-electron chi connectivity index (χ0n) is 14.3. The van der Waals surface area contributed by atoms with Crippen LogP contribution < -0.4 is 5.32 Å². The molecular weight excluding hydrogens is 426 g/mol. The van der Waals surface area contributed by atoms with E-state index in [0.717, 1.165) is 25.8 Å². The molecule has 1 amide bonds. The Kier molecular flexibility index (Phi) is 4.91. The molecule has 4 aromatic rings. The highest BCUT2D eigenvalue weighted by Gasteiger charge is 2.14. The number of amides is 1. The molecule has 1 N–H and O–H groups in total. The summed E-state index contributed by atoms with van der Waals surface area (Å²) in [5.41, 5.74) is 2.16. The lowest BCUT2D eigenvalue weighted by atomic mass is 10.2. The largest absolute Gasteiger partial charge is 0.321 e. The van der Waals surface area contributed by atoms with Gasteiger partial charge in [-0.15, -0.1) is 0 Å². The van der Waals surface area contributed by atoms with Crippen LogP contribution in [0.2, 0.25) is 0 Å². The highest BCUT2D eigenvalue weighted by atomic mass is 79.9. The number of para-hydroxylation sites is 1. The number of anilines is 1. The van der Waals surface area contributed by atoms with Crippen molar-refractivity contribution in [1.82, 2.24) is 19.6 Å². The van der Waals surface area contributed by atoms with Gasteiger partial charge in [-0.2, -0.15) is 14.6 Å². The number of aromatic nitrogens is 4.